The van der Waals surface area contributed by atoms with Crippen LogP contribution in [0.5, 0.6) is 0 Å². The maximum Gasteiger partial charge on any atom is 0.230 e. The maximum atomic E-state index is 12.0. The standard InChI is InChI=1S/C17H20N4OS.C2H6/c22-16(20-13-6-2-1-3-7-13)12-23-17-19-11-9-15(21-17)14-8-4-5-10-18-14;1-2/h4-5,8-11,13H,1-3,6-7,12H2,(H,20,22);1-2H3. The molecule has 0 aliphatic heterocycles. The summed E-state index contributed by atoms with van der Waals surface area (Å²) in [6.45, 7) is 4.00. The Morgan fingerprint density at radius 3 is 2.60 bits per heavy atom. The van der Waals surface area contributed by atoms with Crippen molar-refractivity contribution in [3.8, 4) is 11.4 Å². The lowest BCUT2D eigenvalue weighted by molar-refractivity contribution is -0.119. The van der Waals surface area contributed by atoms with Crippen LogP contribution in [0.15, 0.2) is 41.8 Å². The molecule has 1 amide bonds. The number of carbonyl (C=O) groups is 1. The Labute approximate surface area is 154 Å². The van der Waals surface area contributed by atoms with Gasteiger partial charge in [0.1, 0.15) is 0 Å². The molecule has 0 bridgehead atoms. The average Bonchev–Trinajstić information content (AvgIpc) is 2.70. The Morgan fingerprint density at radius 2 is 1.88 bits per heavy atom. The summed E-state index contributed by atoms with van der Waals surface area (Å²) in [7, 11) is 0. The molecule has 2 heterocycles. The van der Waals surface area contributed by atoms with E-state index in [1.807, 2.05) is 38.1 Å². The molecule has 5 nitrogen and oxygen atoms in total. The van der Waals surface area contributed by atoms with Crippen LogP contribution in [0.25, 0.3) is 11.4 Å². The summed E-state index contributed by atoms with van der Waals surface area (Å²) in [5.74, 6) is 0.413. The summed E-state index contributed by atoms with van der Waals surface area (Å²) in [5.41, 5.74) is 1.58. The molecular formula is C19H26N4OS. The summed E-state index contributed by atoms with van der Waals surface area (Å²) in [6, 6.07) is 7.88. The molecule has 1 N–H and O–H groups in total. The number of hydrogen-bond donors (Lipinski definition) is 1. The number of amides is 1. The highest BCUT2D eigenvalue weighted by Crippen LogP contribution is 2.19. The van der Waals surface area contributed by atoms with E-state index in [9.17, 15) is 4.79 Å². The van der Waals surface area contributed by atoms with Crippen molar-refractivity contribution >= 4 is 17.7 Å². The van der Waals surface area contributed by atoms with Crippen LogP contribution in [0.1, 0.15) is 46.0 Å². The smallest absolute Gasteiger partial charge is 0.230 e. The van der Waals surface area contributed by atoms with E-state index < -0.39 is 0 Å². The topological polar surface area (TPSA) is 67.8 Å². The van der Waals surface area contributed by atoms with Crippen LogP contribution in [0.4, 0.5) is 0 Å². The quantitative estimate of drug-likeness (QED) is 0.643. The van der Waals surface area contributed by atoms with Gasteiger partial charge in [0.05, 0.1) is 17.1 Å². The summed E-state index contributed by atoms with van der Waals surface area (Å²) in [5, 5.41) is 3.71. The normalized spacial score (nSPS) is 14.3. The van der Waals surface area contributed by atoms with Gasteiger partial charge in [-0.15, -0.1) is 0 Å². The number of thioether (sulfide) groups is 1. The number of rotatable bonds is 5. The van der Waals surface area contributed by atoms with Crippen LogP contribution >= 0.6 is 11.8 Å². The zero-order chi connectivity index (χ0) is 17.9. The minimum absolute atomic E-state index is 0.0636. The Hall–Kier alpha value is -1.95. The zero-order valence-electron chi connectivity index (χ0n) is 14.9. The lowest BCUT2D eigenvalue weighted by atomic mass is 9.95. The first-order valence-corrected chi connectivity index (χ1v) is 9.96. The molecule has 0 atom stereocenters. The SMILES string of the molecule is CC.O=C(CSc1nccc(-c2ccccn2)n1)NC1CCCCC1. The third kappa shape index (κ3) is 6.46. The fourth-order valence-electron chi connectivity index (χ4n) is 2.71. The van der Waals surface area contributed by atoms with Gasteiger partial charge in [-0.2, -0.15) is 0 Å². The second kappa shape index (κ2) is 10.8. The number of pyridine rings is 1. The van der Waals surface area contributed by atoms with Crippen molar-refractivity contribution in [2.45, 2.75) is 57.1 Å². The predicted octanol–water partition coefficient (Wildman–Crippen LogP) is 4.11. The van der Waals surface area contributed by atoms with Crippen molar-refractivity contribution in [3.05, 3.63) is 36.7 Å². The van der Waals surface area contributed by atoms with Gasteiger partial charge < -0.3 is 5.32 Å². The van der Waals surface area contributed by atoms with Crippen molar-refractivity contribution in [3.63, 3.8) is 0 Å². The molecule has 2 aromatic heterocycles. The van der Waals surface area contributed by atoms with E-state index in [1.54, 1.807) is 12.4 Å². The van der Waals surface area contributed by atoms with Crippen LogP contribution in [0.2, 0.25) is 0 Å². The monoisotopic (exact) mass is 358 g/mol. The Kier molecular flexibility index (Phi) is 8.39. The molecule has 0 aromatic carbocycles. The first kappa shape index (κ1) is 19.4. The van der Waals surface area contributed by atoms with Crippen LogP contribution < -0.4 is 5.32 Å². The molecular weight excluding hydrogens is 332 g/mol. The highest BCUT2D eigenvalue weighted by atomic mass is 32.2. The Morgan fingerprint density at radius 1 is 1.08 bits per heavy atom. The number of aromatic nitrogens is 3. The fraction of sp³-hybridized carbons (Fsp3) is 0.474. The molecule has 25 heavy (non-hydrogen) atoms. The van der Waals surface area contributed by atoms with E-state index in [4.69, 9.17) is 0 Å². The third-order valence-corrected chi connectivity index (χ3v) is 4.72. The van der Waals surface area contributed by atoms with Gasteiger partial charge in [0.25, 0.3) is 0 Å². The van der Waals surface area contributed by atoms with Crippen LogP contribution in [-0.4, -0.2) is 32.7 Å². The molecule has 1 aliphatic carbocycles. The fourth-order valence-corrected chi connectivity index (χ4v) is 3.36. The average molecular weight is 359 g/mol. The van der Waals surface area contributed by atoms with Gasteiger partial charge in [0.2, 0.25) is 5.91 Å². The molecule has 1 aliphatic rings. The van der Waals surface area contributed by atoms with Gasteiger partial charge in [-0.25, -0.2) is 9.97 Å². The molecule has 0 saturated heterocycles. The summed E-state index contributed by atoms with van der Waals surface area (Å²) < 4.78 is 0. The molecule has 2 aromatic rings. The molecule has 1 saturated carbocycles. The third-order valence-electron chi connectivity index (χ3n) is 3.86. The van der Waals surface area contributed by atoms with Crippen molar-refractivity contribution in [1.82, 2.24) is 20.3 Å². The number of hydrogen-bond acceptors (Lipinski definition) is 5. The maximum absolute atomic E-state index is 12.0. The van der Waals surface area contributed by atoms with Gasteiger partial charge in [0, 0.05) is 18.4 Å². The van der Waals surface area contributed by atoms with Crippen LogP contribution in [0.3, 0.4) is 0 Å². The lowest BCUT2D eigenvalue weighted by Gasteiger charge is -2.22. The minimum Gasteiger partial charge on any atom is -0.353 e. The molecule has 6 heteroatoms. The van der Waals surface area contributed by atoms with Crippen molar-refractivity contribution < 1.29 is 4.79 Å². The van der Waals surface area contributed by atoms with Crippen molar-refractivity contribution in [2.24, 2.45) is 0 Å². The molecule has 0 radical (unpaired) electrons. The van der Waals surface area contributed by atoms with E-state index in [0.29, 0.717) is 17.0 Å². The molecule has 0 spiro atoms. The molecule has 134 valence electrons. The first-order valence-electron chi connectivity index (χ1n) is 8.98. The van der Waals surface area contributed by atoms with Crippen molar-refractivity contribution in [1.29, 1.82) is 0 Å². The minimum atomic E-state index is 0.0636. The van der Waals surface area contributed by atoms with Crippen LogP contribution in [0, 0.1) is 0 Å². The molecule has 0 unspecified atom stereocenters. The van der Waals surface area contributed by atoms with E-state index in [0.717, 1.165) is 24.2 Å². The van der Waals surface area contributed by atoms with E-state index in [-0.39, 0.29) is 5.91 Å². The van der Waals surface area contributed by atoms with Gasteiger partial charge in [0.15, 0.2) is 5.16 Å². The predicted molar refractivity (Wildman–Crippen MR) is 102 cm³/mol. The van der Waals surface area contributed by atoms with Gasteiger partial charge in [-0.1, -0.05) is 50.9 Å². The molecule has 1 fully saturated rings. The Bertz CT molecular complexity index is 645. The number of carbonyl (C=O) groups excluding carboxylic acids is 1. The van der Waals surface area contributed by atoms with E-state index in [2.05, 4.69) is 20.3 Å². The number of nitrogens with zero attached hydrogens (tertiary/aromatic N) is 3. The van der Waals surface area contributed by atoms with Gasteiger partial charge in [-0.3, -0.25) is 9.78 Å². The van der Waals surface area contributed by atoms with E-state index in [1.165, 1.54) is 31.0 Å². The summed E-state index contributed by atoms with van der Waals surface area (Å²) in [4.78, 5) is 25.0. The largest absolute Gasteiger partial charge is 0.353 e. The summed E-state index contributed by atoms with van der Waals surface area (Å²) in [6.07, 6.45) is 9.36. The summed E-state index contributed by atoms with van der Waals surface area (Å²) >= 11 is 1.36. The van der Waals surface area contributed by atoms with E-state index >= 15 is 0 Å². The number of nitrogens with one attached hydrogen (secondary N) is 1. The lowest BCUT2D eigenvalue weighted by Crippen LogP contribution is -2.37. The van der Waals surface area contributed by atoms with Gasteiger partial charge >= 0.3 is 0 Å². The van der Waals surface area contributed by atoms with Gasteiger partial charge in [-0.05, 0) is 31.0 Å². The Balaban J connectivity index is 0.00000109. The second-order valence-electron chi connectivity index (χ2n) is 5.63. The zero-order valence-corrected chi connectivity index (χ0v) is 15.8. The highest BCUT2D eigenvalue weighted by Gasteiger charge is 2.16. The molecule has 3 rings (SSSR count). The second-order valence-corrected chi connectivity index (χ2v) is 6.57. The first-order chi connectivity index (χ1) is 12.3. The van der Waals surface area contributed by atoms with Crippen LogP contribution in [-0.2, 0) is 4.79 Å². The highest BCUT2D eigenvalue weighted by molar-refractivity contribution is 7.99. The van der Waals surface area contributed by atoms with Crippen molar-refractivity contribution in [2.75, 3.05) is 5.75 Å².